The lowest BCUT2D eigenvalue weighted by Crippen LogP contribution is -2.37. The molecule has 0 radical (unpaired) electrons. The van der Waals surface area contributed by atoms with E-state index >= 15 is 0 Å². The maximum Gasteiger partial charge on any atom is 0.310 e. The Kier molecular flexibility index (Phi) is 5.44. The molecule has 0 spiro atoms. The van der Waals surface area contributed by atoms with E-state index in [1.165, 1.54) is 6.92 Å². The molecular weight excluding hydrogens is 348 g/mol. The Hall–Kier alpha value is -1.50. The molecular formula is C14H16BrF2NO3. The molecule has 0 aliphatic rings. The summed E-state index contributed by atoms with van der Waals surface area (Å²) in [5.41, 5.74) is -1.61. The normalized spacial score (nSPS) is 13.9. The Morgan fingerprint density at radius 1 is 1.33 bits per heavy atom. The molecule has 0 aliphatic heterocycles. The molecule has 1 aromatic rings. The number of carboxylic acid groups (broad SMARTS) is 1. The molecule has 0 heterocycles. The van der Waals surface area contributed by atoms with Crippen molar-refractivity contribution in [3.05, 3.63) is 28.2 Å². The Morgan fingerprint density at radius 2 is 1.90 bits per heavy atom. The SMILES string of the molecule is CC(C)C(C)(CC(=O)Nc1cc(F)c(Br)cc1F)C(=O)O. The van der Waals surface area contributed by atoms with Crippen molar-refractivity contribution < 1.29 is 23.5 Å². The van der Waals surface area contributed by atoms with Crippen LogP contribution in [0.3, 0.4) is 0 Å². The maximum absolute atomic E-state index is 13.6. The highest BCUT2D eigenvalue weighted by molar-refractivity contribution is 9.10. The lowest BCUT2D eigenvalue weighted by molar-refractivity contribution is -0.153. The predicted octanol–water partition coefficient (Wildman–Crippen LogP) is 3.80. The number of halogens is 3. The van der Waals surface area contributed by atoms with E-state index in [0.717, 1.165) is 12.1 Å². The van der Waals surface area contributed by atoms with Gasteiger partial charge in [0.05, 0.1) is 15.6 Å². The minimum absolute atomic E-state index is 0.0597. The molecule has 0 aromatic heterocycles. The Labute approximate surface area is 129 Å². The summed E-state index contributed by atoms with van der Waals surface area (Å²) in [7, 11) is 0. The quantitative estimate of drug-likeness (QED) is 0.781. The fourth-order valence-electron chi connectivity index (χ4n) is 1.67. The number of rotatable bonds is 5. The lowest BCUT2D eigenvalue weighted by atomic mass is 9.76. The number of nitrogens with one attached hydrogen (secondary N) is 1. The van der Waals surface area contributed by atoms with Gasteiger partial charge in [0.25, 0.3) is 0 Å². The first kappa shape index (κ1) is 17.6. The van der Waals surface area contributed by atoms with Crippen LogP contribution < -0.4 is 5.32 Å². The second kappa shape index (κ2) is 6.51. The third-order valence-electron chi connectivity index (χ3n) is 3.57. The molecule has 0 fully saturated rings. The number of hydrogen-bond donors (Lipinski definition) is 2. The number of carbonyl (C=O) groups excluding carboxylic acids is 1. The van der Waals surface area contributed by atoms with Crippen molar-refractivity contribution in [2.45, 2.75) is 27.2 Å². The fourth-order valence-corrected chi connectivity index (χ4v) is 1.99. The van der Waals surface area contributed by atoms with Gasteiger partial charge in [-0.1, -0.05) is 13.8 Å². The van der Waals surface area contributed by atoms with Crippen LogP contribution in [0.1, 0.15) is 27.2 Å². The Bertz CT molecular complexity index is 578. The summed E-state index contributed by atoms with van der Waals surface area (Å²) in [4.78, 5) is 23.2. The van der Waals surface area contributed by atoms with Crippen LogP contribution in [0.15, 0.2) is 16.6 Å². The average Bonchev–Trinajstić information content (AvgIpc) is 2.35. The molecule has 0 saturated carbocycles. The summed E-state index contributed by atoms with van der Waals surface area (Å²) < 4.78 is 26.9. The average molecular weight is 364 g/mol. The van der Waals surface area contributed by atoms with Crippen LogP contribution in [0, 0.1) is 23.0 Å². The van der Waals surface area contributed by atoms with Crippen molar-refractivity contribution in [1.29, 1.82) is 0 Å². The van der Waals surface area contributed by atoms with Gasteiger partial charge in [-0.2, -0.15) is 0 Å². The highest BCUT2D eigenvalue weighted by Gasteiger charge is 2.38. The lowest BCUT2D eigenvalue weighted by Gasteiger charge is -2.28. The summed E-state index contributed by atoms with van der Waals surface area (Å²) in [5, 5.41) is 11.4. The summed E-state index contributed by atoms with van der Waals surface area (Å²) in [6, 6.07) is 1.73. The van der Waals surface area contributed by atoms with Gasteiger partial charge in [0, 0.05) is 12.5 Å². The van der Waals surface area contributed by atoms with E-state index < -0.39 is 28.9 Å². The summed E-state index contributed by atoms with van der Waals surface area (Å²) in [5.74, 6) is -3.63. The number of hydrogen-bond acceptors (Lipinski definition) is 2. The van der Waals surface area contributed by atoms with E-state index in [4.69, 9.17) is 0 Å². The first-order valence-electron chi connectivity index (χ1n) is 6.25. The van der Waals surface area contributed by atoms with Crippen molar-refractivity contribution in [1.82, 2.24) is 0 Å². The fraction of sp³-hybridized carbons (Fsp3) is 0.429. The van der Waals surface area contributed by atoms with E-state index in [-0.39, 0.29) is 22.5 Å². The van der Waals surface area contributed by atoms with Crippen LogP contribution in [-0.4, -0.2) is 17.0 Å². The standard InChI is InChI=1S/C14H16BrF2NO3/c1-7(2)14(3,13(20)21)6-12(19)18-11-5-9(16)8(15)4-10(11)17/h4-5,7H,6H2,1-3H3,(H,18,19)(H,20,21). The third kappa shape index (κ3) is 4.00. The number of carbonyl (C=O) groups is 2. The van der Waals surface area contributed by atoms with Gasteiger partial charge in [-0.25, -0.2) is 8.78 Å². The van der Waals surface area contributed by atoms with Gasteiger partial charge in [0.2, 0.25) is 5.91 Å². The van der Waals surface area contributed by atoms with Gasteiger partial charge in [-0.15, -0.1) is 0 Å². The van der Waals surface area contributed by atoms with E-state index in [2.05, 4.69) is 21.2 Å². The molecule has 1 amide bonds. The smallest absolute Gasteiger partial charge is 0.310 e. The largest absolute Gasteiger partial charge is 0.481 e. The van der Waals surface area contributed by atoms with Crippen molar-refractivity contribution in [2.24, 2.45) is 11.3 Å². The van der Waals surface area contributed by atoms with E-state index in [1.807, 2.05) is 0 Å². The first-order valence-corrected chi connectivity index (χ1v) is 7.05. The zero-order valence-corrected chi connectivity index (χ0v) is 13.4. The maximum atomic E-state index is 13.6. The van der Waals surface area contributed by atoms with Crippen LogP contribution in [0.2, 0.25) is 0 Å². The molecule has 116 valence electrons. The second-order valence-corrected chi connectivity index (χ2v) is 6.20. The molecule has 21 heavy (non-hydrogen) atoms. The molecule has 1 rings (SSSR count). The third-order valence-corrected chi connectivity index (χ3v) is 4.18. The summed E-state index contributed by atoms with van der Waals surface area (Å²) in [6.45, 7) is 4.81. The van der Waals surface area contributed by atoms with Crippen molar-refractivity contribution in [3.8, 4) is 0 Å². The van der Waals surface area contributed by atoms with Crippen LogP contribution in [0.4, 0.5) is 14.5 Å². The van der Waals surface area contributed by atoms with Gasteiger partial charge < -0.3 is 10.4 Å². The number of carboxylic acids is 1. The van der Waals surface area contributed by atoms with Crippen LogP contribution in [0.5, 0.6) is 0 Å². The minimum Gasteiger partial charge on any atom is -0.481 e. The molecule has 4 nitrogen and oxygen atoms in total. The highest BCUT2D eigenvalue weighted by Crippen LogP contribution is 2.32. The Balaban J connectivity index is 2.92. The predicted molar refractivity (Wildman–Crippen MR) is 77.9 cm³/mol. The summed E-state index contributed by atoms with van der Waals surface area (Å²) in [6.07, 6.45) is -0.336. The second-order valence-electron chi connectivity index (χ2n) is 5.35. The highest BCUT2D eigenvalue weighted by atomic mass is 79.9. The topological polar surface area (TPSA) is 66.4 Å². The molecule has 1 unspecified atom stereocenters. The number of anilines is 1. The van der Waals surface area contributed by atoms with Gasteiger partial charge in [-0.3, -0.25) is 9.59 Å². The first-order chi connectivity index (χ1) is 9.57. The number of amides is 1. The van der Waals surface area contributed by atoms with Crippen LogP contribution >= 0.6 is 15.9 Å². The van der Waals surface area contributed by atoms with E-state index in [1.54, 1.807) is 13.8 Å². The van der Waals surface area contributed by atoms with Crippen molar-refractivity contribution >= 4 is 33.5 Å². The van der Waals surface area contributed by atoms with Gasteiger partial charge in [-0.05, 0) is 34.8 Å². The van der Waals surface area contributed by atoms with Gasteiger partial charge in [0.1, 0.15) is 11.6 Å². The molecule has 1 atom stereocenters. The van der Waals surface area contributed by atoms with E-state index in [9.17, 15) is 23.5 Å². The monoisotopic (exact) mass is 363 g/mol. The van der Waals surface area contributed by atoms with Crippen LogP contribution in [-0.2, 0) is 9.59 Å². The van der Waals surface area contributed by atoms with Crippen molar-refractivity contribution in [2.75, 3.05) is 5.32 Å². The van der Waals surface area contributed by atoms with Gasteiger partial charge in [0.15, 0.2) is 0 Å². The molecule has 1 aromatic carbocycles. The molecule has 0 bridgehead atoms. The minimum atomic E-state index is -1.28. The summed E-state index contributed by atoms with van der Waals surface area (Å²) >= 11 is 2.83. The number of aliphatic carboxylic acids is 1. The molecule has 0 aliphatic carbocycles. The molecule has 0 saturated heterocycles. The molecule has 7 heteroatoms. The molecule has 2 N–H and O–H groups in total. The zero-order valence-electron chi connectivity index (χ0n) is 11.8. The Morgan fingerprint density at radius 3 is 2.38 bits per heavy atom. The zero-order chi connectivity index (χ0) is 16.4. The number of benzene rings is 1. The van der Waals surface area contributed by atoms with E-state index in [0.29, 0.717) is 0 Å². The van der Waals surface area contributed by atoms with Crippen LogP contribution in [0.25, 0.3) is 0 Å². The van der Waals surface area contributed by atoms with Gasteiger partial charge >= 0.3 is 5.97 Å². The van der Waals surface area contributed by atoms with Crippen molar-refractivity contribution in [3.63, 3.8) is 0 Å².